The average molecular weight is 336 g/mol. The van der Waals surface area contributed by atoms with Crippen LogP contribution in [-0.2, 0) is 17.6 Å². The van der Waals surface area contributed by atoms with Crippen molar-refractivity contribution in [2.24, 2.45) is 11.8 Å². The molecule has 1 unspecified atom stereocenters. The molecule has 1 amide bonds. The Labute approximate surface area is 129 Å². The summed E-state index contributed by atoms with van der Waals surface area (Å²) in [4.78, 5) is 15.2. The number of benzene rings is 1. The van der Waals surface area contributed by atoms with Crippen molar-refractivity contribution in [1.29, 1.82) is 0 Å². The zero-order valence-electron chi connectivity index (χ0n) is 12.0. The van der Waals surface area contributed by atoms with Gasteiger partial charge in [-0.3, -0.25) is 4.79 Å². The van der Waals surface area contributed by atoms with Gasteiger partial charge in [-0.05, 0) is 49.1 Å². The molecule has 0 spiro atoms. The Morgan fingerprint density at radius 3 is 2.70 bits per heavy atom. The summed E-state index contributed by atoms with van der Waals surface area (Å²) < 4.78 is 0. The van der Waals surface area contributed by atoms with Crippen molar-refractivity contribution in [2.45, 2.75) is 36.9 Å². The van der Waals surface area contributed by atoms with Crippen LogP contribution in [0.15, 0.2) is 24.3 Å². The lowest BCUT2D eigenvalue weighted by atomic mass is 9.82. The lowest BCUT2D eigenvalue weighted by molar-refractivity contribution is -0.135. The number of rotatable bonds is 3. The molecule has 20 heavy (non-hydrogen) atoms. The van der Waals surface area contributed by atoms with Gasteiger partial charge in [0.2, 0.25) is 5.91 Å². The van der Waals surface area contributed by atoms with Gasteiger partial charge in [0.1, 0.15) is 0 Å². The van der Waals surface area contributed by atoms with Crippen LogP contribution < -0.4 is 0 Å². The second-order valence-electron chi connectivity index (χ2n) is 6.36. The molecule has 3 rings (SSSR count). The van der Waals surface area contributed by atoms with Gasteiger partial charge < -0.3 is 4.90 Å². The van der Waals surface area contributed by atoms with E-state index in [0.717, 1.165) is 25.8 Å². The molecule has 2 nitrogen and oxygen atoms in total. The summed E-state index contributed by atoms with van der Waals surface area (Å²) in [5.41, 5.74) is 2.80. The Morgan fingerprint density at radius 1 is 1.30 bits per heavy atom. The van der Waals surface area contributed by atoms with E-state index in [4.69, 9.17) is 0 Å². The van der Waals surface area contributed by atoms with E-state index < -0.39 is 0 Å². The van der Waals surface area contributed by atoms with Crippen LogP contribution in [0.2, 0.25) is 0 Å². The lowest BCUT2D eigenvalue weighted by Crippen LogP contribution is -2.41. The fourth-order valence-electron chi connectivity index (χ4n) is 3.50. The first-order chi connectivity index (χ1) is 9.63. The summed E-state index contributed by atoms with van der Waals surface area (Å²) in [6.45, 7) is 0.930. The highest BCUT2D eigenvalue weighted by Gasteiger charge is 2.31. The number of hydrogen-bond donors (Lipinski definition) is 0. The fraction of sp³-hybridized carbons (Fsp3) is 0.588. The van der Waals surface area contributed by atoms with Crippen LogP contribution in [-0.4, -0.2) is 29.2 Å². The minimum atomic E-state index is 0.190. The first kappa shape index (κ1) is 14.1. The monoisotopic (exact) mass is 335 g/mol. The van der Waals surface area contributed by atoms with Gasteiger partial charge >= 0.3 is 0 Å². The molecule has 1 fully saturated rings. The third kappa shape index (κ3) is 2.93. The summed E-state index contributed by atoms with van der Waals surface area (Å²) in [6.07, 6.45) is 5.40. The third-order valence-electron chi connectivity index (χ3n) is 4.78. The van der Waals surface area contributed by atoms with Gasteiger partial charge in [-0.15, -0.1) is 0 Å². The number of fused-ring (bicyclic) bond motifs is 1. The summed E-state index contributed by atoms with van der Waals surface area (Å²) in [5, 5.41) is 0. The Hall–Kier alpha value is -0.830. The molecular weight excluding hydrogens is 314 g/mol. The van der Waals surface area contributed by atoms with E-state index >= 15 is 0 Å². The quantitative estimate of drug-likeness (QED) is 0.775. The summed E-state index contributed by atoms with van der Waals surface area (Å²) in [7, 11) is 1.98. The third-order valence-corrected chi connectivity index (χ3v) is 5.53. The maximum absolute atomic E-state index is 12.6. The Bertz CT molecular complexity index is 496. The van der Waals surface area contributed by atoms with Crippen LogP contribution in [0.4, 0.5) is 0 Å². The minimum Gasteiger partial charge on any atom is -0.345 e. The minimum absolute atomic E-state index is 0.190. The van der Waals surface area contributed by atoms with Crippen LogP contribution in [0.3, 0.4) is 0 Å². The molecule has 0 radical (unpaired) electrons. The second kappa shape index (κ2) is 5.88. The summed E-state index contributed by atoms with van der Waals surface area (Å²) in [6, 6.07) is 8.56. The lowest BCUT2D eigenvalue weighted by Gasteiger charge is -2.36. The van der Waals surface area contributed by atoms with Crippen molar-refractivity contribution in [2.75, 3.05) is 13.6 Å². The highest BCUT2D eigenvalue weighted by atomic mass is 79.9. The average Bonchev–Trinajstić information content (AvgIpc) is 2.44. The van der Waals surface area contributed by atoms with Crippen LogP contribution >= 0.6 is 15.9 Å². The number of halogens is 1. The molecule has 3 heteroatoms. The number of hydrogen-bond acceptors (Lipinski definition) is 1. The van der Waals surface area contributed by atoms with Crippen molar-refractivity contribution in [3.05, 3.63) is 35.4 Å². The maximum Gasteiger partial charge on any atom is 0.225 e. The topological polar surface area (TPSA) is 20.3 Å². The molecule has 1 aromatic rings. The van der Waals surface area contributed by atoms with Crippen LogP contribution in [0.1, 0.15) is 30.4 Å². The fourth-order valence-corrected chi connectivity index (χ4v) is 4.56. The Kier molecular flexibility index (Phi) is 4.16. The number of nitrogens with zero attached hydrogens (tertiary/aromatic N) is 1. The van der Waals surface area contributed by atoms with Crippen molar-refractivity contribution in [1.82, 2.24) is 4.90 Å². The molecule has 0 aromatic heterocycles. The molecule has 2 aliphatic carbocycles. The molecule has 0 aliphatic heterocycles. The van der Waals surface area contributed by atoms with Crippen LogP contribution in [0, 0.1) is 11.8 Å². The molecule has 108 valence electrons. The van der Waals surface area contributed by atoms with E-state index in [0.29, 0.717) is 16.7 Å². The van der Waals surface area contributed by atoms with Crippen molar-refractivity contribution in [3.8, 4) is 0 Å². The Balaban J connectivity index is 1.58. The zero-order valence-corrected chi connectivity index (χ0v) is 13.6. The second-order valence-corrected chi connectivity index (χ2v) is 7.66. The molecular formula is C17H22BrNO. The molecule has 1 aromatic carbocycles. The number of aryl methyl sites for hydroxylation is 1. The summed E-state index contributed by atoms with van der Waals surface area (Å²) in [5.74, 6) is 1.23. The van der Waals surface area contributed by atoms with Crippen molar-refractivity contribution < 1.29 is 4.79 Å². The van der Waals surface area contributed by atoms with Gasteiger partial charge in [-0.2, -0.15) is 0 Å². The standard InChI is InChI=1S/C17H22BrNO/c1-19(11-12-8-16(18)9-12)17(20)15-7-6-13-4-2-3-5-14(13)10-15/h2-5,12,15-16H,6-11H2,1H3. The first-order valence-electron chi connectivity index (χ1n) is 7.59. The largest absolute Gasteiger partial charge is 0.345 e. The van der Waals surface area contributed by atoms with Gasteiger partial charge in [0.25, 0.3) is 0 Å². The summed E-state index contributed by atoms with van der Waals surface area (Å²) >= 11 is 3.62. The molecule has 0 heterocycles. The first-order valence-corrected chi connectivity index (χ1v) is 8.51. The smallest absolute Gasteiger partial charge is 0.225 e. The molecule has 1 atom stereocenters. The zero-order chi connectivity index (χ0) is 14.1. The molecule has 2 aliphatic rings. The Morgan fingerprint density at radius 2 is 2.00 bits per heavy atom. The van der Waals surface area contributed by atoms with E-state index in [1.54, 1.807) is 0 Å². The van der Waals surface area contributed by atoms with Gasteiger partial charge in [-0.25, -0.2) is 0 Å². The van der Waals surface area contributed by atoms with Crippen LogP contribution in [0.5, 0.6) is 0 Å². The van der Waals surface area contributed by atoms with Gasteiger partial charge in [0, 0.05) is 24.3 Å². The predicted octanol–water partition coefficient (Wildman–Crippen LogP) is 3.42. The SMILES string of the molecule is CN(CC1CC(Br)C1)C(=O)C1CCc2ccccc2C1. The van der Waals surface area contributed by atoms with E-state index in [9.17, 15) is 4.79 Å². The van der Waals surface area contributed by atoms with Crippen LogP contribution in [0.25, 0.3) is 0 Å². The predicted molar refractivity (Wildman–Crippen MR) is 85.0 cm³/mol. The van der Waals surface area contributed by atoms with Gasteiger partial charge in [0.05, 0.1) is 0 Å². The number of alkyl halides is 1. The highest BCUT2D eigenvalue weighted by Crippen LogP contribution is 2.34. The van der Waals surface area contributed by atoms with E-state index in [1.165, 1.54) is 24.0 Å². The van der Waals surface area contributed by atoms with Gasteiger partial charge in [0.15, 0.2) is 0 Å². The van der Waals surface area contributed by atoms with E-state index in [2.05, 4.69) is 40.2 Å². The van der Waals surface area contributed by atoms with E-state index in [-0.39, 0.29) is 5.92 Å². The molecule has 0 bridgehead atoms. The molecule has 1 saturated carbocycles. The normalized spacial score (nSPS) is 28.4. The molecule has 0 saturated heterocycles. The maximum atomic E-state index is 12.6. The molecule has 0 N–H and O–H groups in total. The van der Waals surface area contributed by atoms with Gasteiger partial charge in [-0.1, -0.05) is 40.2 Å². The van der Waals surface area contributed by atoms with Crippen molar-refractivity contribution >= 4 is 21.8 Å². The van der Waals surface area contributed by atoms with Crippen molar-refractivity contribution in [3.63, 3.8) is 0 Å². The van der Waals surface area contributed by atoms with E-state index in [1.807, 2.05) is 11.9 Å². The number of carbonyl (C=O) groups excluding carboxylic acids is 1. The number of amides is 1. The highest BCUT2D eigenvalue weighted by molar-refractivity contribution is 9.09. The number of carbonyl (C=O) groups is 1.